The Morgan fingerprint density at radius 1 is 1.33 bits per heavy atom. The summed E-state index contributed by atoms with van der Waals surface area (Å²) in [6.07, 6.45) is -0.0177. The van der Waals surface area contributed by atoms with E-state index in [1.54, 1.807) is 25.1 Å². The number of carbonyl (C=O) groups excluding carboxylic acids is 3. The fourth-order valence-electron chi connectivity index (χ4n) is 2.12. The zero-order chi connectivity index (χ0) is 17.7. The van der Waals surface area contributed by atoms with E-state index in [2.05, 4.69) is 10.6 Å². The Bertz CT molecular complexity index is 636. The van der Waals surface area contributed by atoms with E-state index in [0.29, 0.717) is 21.5 Å². The smallest absolute Gasteiger partial charge is 0.329 e. The maximum absolute atomic E-state index is 12.1. The molecule has 2 N–H and O–H groups in total. The number of esters is 1. The highest BCUT2D eigenvalue weighted by Crippen LogP contribution is 2.25. The van der Waals surface area contributed by atoms with Gasteiger partial charge in [-0.25, -0.2) is 4.79 Å². The first-order chi connectivity index (χ1) is 11.4. The second-order valence-corrected chi connectivity index (χ2v) is 7.15. The molecule has 1 fully saturated rings. The van der Waals surface area contributed by atoms with Crippen LogP contribution in [0.25, 0.3) is 0 Å². The zero-order valence-electron chi connectivity index (χ0n) is 12.8. The fourth-order valence-corrected chi connectivity index (χ4v) is 3.78. The summed E-state index contributed by atoms with van der Waals surface area (Å²) in [6.45, 7) is 1.95. The van der Waals surface area contributed by atoms with Gasteiger partial charge in [-0.15, -0.1) is 11.8 Å². The number of nitrogens with one attached hydrogen (secondary N) is 2. The van der Waals surface area contributed by atoms with Crippen LogP contribution in [-0.4, -0.2) is 41.4 Å². The van der Waals surface area contributed by atoms with Crippen LogP contribution in [-0.2, 0) is 19.1 Å². The number of carbonyl (C=O) groups is 3. The van der Waals surface area contributed by atoms with Crippen molar-refractivity contribution in [2.75, 3.05) is 17.7 Å². The van der Waals surface area contributed by atoms with Crippen molar-refractivity contribution in [1.29, 1.82) is 0 Å². The Labute approximate surface area is 153 Å². The van der Waals surface area contributed by atoms with Gasteiger partial charge in [0.1, 0.15) is 6.04 Å². The van der Waals surface area contributed by atoms with E-state index in [9.17, 15) is 14.4 Å². The molecule has 24 heavy (non-hydrogen) atoms. The van der Waals surface area contributed by atoms with Crippen LogP contribution in [0.2, 0.25) is 10.0 Å². The summed E-state index contributed by atoms with van der Waals surface area (Å²) >= 11 is 13.0. The molecular formula is C15H16Cl2N2O4S. The van der Waals surface area contributed by atoms with Crippen molar-refractivity contribution in [1.82, 2.24) is 5.32 Å². The molecule has 2 atom stereocenters. The van der Waals surface area contributed by atoms with Gasteiger partial charge in [0.2, 0.25) is 11.8 Å². The minimum Gasteiger partial charge on any atom is -0.464 e. The van der Waals surface area contributed by atoms with E-state index in [1.807, 2.05) is 0 Å². The number of hydrogen-bond acceptors (Lipinski definition) is 5. The molecule has 2 unspecified atom stereocenters. The van der Waals surface area contributed by atoms with E-state index in [1.165, 1.54) is 11.8 Å². The highest BCUT2D eigenvalue weighted by atomic mass is 35.5. The highest BCUT2D eigenvalue weighted by Gasteiger charge is 2.34. The molecule has 1 saturated heterocycles. The zero-order valence-corrected chi connectivity index (χ0v) is 15.1. The Balaban J connectivity index is 1.88. The van der Waals surface area contributed by atoms with Gasteiger partial charge in [-0.05, 0) is 25.1 Å². The first-order valence-electron chi connectivity index (χ1n) is 7.23. The van der Waals surface area contributed by atoms with Crippen LogP contribution in [0.4, 0.5) is 5.69 Å². The first kappa shape index (κ1) is 18.9. The molecule has 0 bridgehead atoms. The van der Waals surface area contributed by atoms with Gasteiger partial charge in [0.05, 0.1) is 11.9 Å². The molecule has 0 aromatic heterocycles. The van der Waals surface area contributed by atoms with Gasteiger partial charge >= 0.3 is 5.97 Å². The molecule has 1 aliphatic rings. The number of halogens is 2. The molecule has 1 aromatic rings. The highest BCUT2D eigenvalue weighted by molar-refractivity contribution is 8.00. The van der Waals surface area contributed by atoms with Crippen LogP contribution in [0.1, 0.15) is 13.3 Å². The summed E-state index contributed by atoms with van der Waals surface area (Å²) in [4.78, 5) is 35.8. The van der Waals surface area contributed by atoms with Crippen molar-refractivity contribution in [3.05, 3.63) is 28.2 Å². The number of thioether (sulfide) groups is 1. The molecule has 1 heterocycles. The molecular weight excluding hydrogens is 375 g/mol. The number of ether oxygens (including phenoxy) is 1. The maximum atomic E-state index is 12.1. The summed E-state index contributed by atoms with van der Waals surface area (Å²) in [7, 11) is 0. The van der Waals surface area contributed by atoms with E-state index in [0.717, 1.165) is 0 Å². The van der Waals surface area contributed by atoms with Crippen molar-refractivity contribution in [2.45, 2.75) is 24.6 Å². The summed E-state index contributed by atoms with van der Waals surface area (Å²) in [6, 6.07) is 4.01. The minimum atomic E-state index is -0.673. The standard InChI is InChI=1S/C15H16Cl2N2O4S/c1-2-23-15(22)11-7-24-12(14(21)19-11)6-13(20)18-10-4-8(16)3-9(17)5-10/h3-5,11-12H,2,6-7H2,1H3,(H,18,20)(H,19,21). The van der Waals surface area contributed by atoms with Gasteiger partial charge in [-0.3, -0.25) is 9.59 Å². The van der Waals surface area contributed by atoms with E-state index < -0.39 is 17.3 Å². The van der Waals surface area contributed by atoms with Crippen LogP contribution in [0, 0.1) is 0 Å². The summed E-state index contributed by atoms with van der Waals surface area (Å²) in [5, 5.41) is 5.48. The van der Waals surface area contributed by atoms with Crippen molar-refractivity contribution in [3.63, 3.8) is 0 Å². The van der Waals surface area contributed by atoms with E-state index >= 15 is 0 Å². The van der Waals surface area contributed by atoms with Gasteiger partial charge in [-0.2, -0.15) is 0 Å². The molecule has 9 heteroatoms. The van der Waals surface area contributed by atoms with Gasteiger partial charge in [0.25, 0.3) is 0 Å². The number of anilines is 1. The fraction of sp³-hybridized carbons (Fsp3) is 0.400. The second kappa shape index (κ2) is 8.60. The molecule has 1 aromatic carbocycles. The molecule has 0 spiro atoms. The van der Waals surface area contributed by atoms with Crippen LogP contribution in [0.5, 0.6) is 0 Å². The summed E-state index contributed by atoms with van der Waals surface area (Å²) < 4.78 is 4.88. The SMILES string of the molecule is CCOC(=O)C1CSC(CC(=O)Nc2cc(Cl)cc(Cl)c2)C(=O)N1. The summed E-state index contributed by atoms with van der Waals surface area (Å²) in [5.74, 6) is -0.792. The Morgan fingerprint density at radius 3 is 2.58 bits per heavy atom. The maximum Gasteiger partial charge on any atom is 0.329 e. The van der Waals surface area contributed by atoms with Crippen LogP contribution >= 0.6 is 35.0 Å². The molecule has 2 rings (SSSR count). The topological polar surface area (TPSA) is 84.5 Å². The third-order valence-corrected chi connectivity index (χ3v) is 4.91. The third kappa shape index (κ3) is 5.29. The van der Waals surface area contributed by atoms with Crippen LogP contribution < -0.4 is 10.6 Å². The monoisotopic (exact) mass is 390 g/mol. The molecule has 2 amide bonds. The van der Waals surface area contributed by atoms with Crippen LogP contribution in [0.15, 0.2) is 18.2 Å². The van der Waals surface area contributed by atoms with Gasteiger partial charge in [0.15, 0.2) is 0 Å². The molecule has 1 aliphatic heterocycles. The molecule has 6 nitrogen and oxygen atoms in total. The number of rotatable bonds is 5. The lowest BCUT2D eigenvalue weighted by Gasteiger charge is -2.27. The molecule has 0 saturated carbocycles. The lowest BCUT2D eigenvalue weighted by atomic mass is 10.2. The predicted octanol–water partition coefficient (Wildman–Crippen LogP) is 2.49. The van der Waals surface area contributed by atoms with E-state index in [4.69, 9.17) is 27.9 Å². The lowest BCUT2D eigenvalue weighted by molar-refractivity contribution is -0.146. The Hall–Kier alpha value is -1.44. The van der Waals surface area contributed by atoms with Crippen molar-refractivity contribution in [3.8, 4) is 0 Å². The number of amides is 2. The second-order valence-electron chi connectivity index (χ2n) is 5.05. The average molecular weight is 391 g/mol. The number of benzene rings is 1. The van der Waals surface area contributed by atoms with Crippen molar-refractivity contribution < 1.29 is 19.1 Å². The average Bonchev–Trinajstić information content (AvgIpc) is 2.48. The molecule has 0 radical (unpaired) electrons. The third-order valence-electron chi connectivity index (χ3n) is 3.16. The molecule has 130 valence electrons. The first-order valence-corrected chi connectivity index (χ1v) is 9.04. The van der Waals surface area contributed by atoms with Gasteiger partial charge in [0, 0.05) is 27.9 Å². The predicted molar refractivity (Wildman–Crippen MR) is 94.5 cm³/mol. The largest absolute Gasteiger partial charge is 0.464 e. The van der Waals surface area contributed by atoms with E-state index in [-0.39, 0.29) is 24.8 Å². The van der Waals surface area contributed by atoms with Crippen molar-refractivity contribution in [2.24, 2.45) is 0 Å². The quantitative estimate of drug-likeness (QED) is 0.754. The Morgan fingerprint density at radius 2 is 2.00 bits per heavy atom. The van der Waals surface area contributed by atoms with Crippen molar-refractivity contribution >= 4 is 58.4 Å². The Kier molecular flexibility index (Phi) is 6.77. The van der Waals surface area contributed by atoms with Gasteiger partial charge in [-0.1, -0.05) is 23.2 Å². The summed E-state index contributed by atoms with van der Waals surface area (Å²) in [5.41, 5.74) is 0.461. The van der Waals surface area contributed by atoms with Gasteiger partial charge < -0.3 is 15.4 Å². The van der Waals surface area contributed by atoms with Crippen LogP contribution in [0.3, 0.4) is 0 Å². The number of hydrogen-bond donors (Lipinski definition) is 2. The molecule has 0 aliphatic carbocycles. The minimum absolute atomic E-state index is 0.0177. The normalized spacial score (nSPS) is 20.2. The lowest BCUT2D eigenvalue weighted by Crippen LogP contribution is -2.51.